The number of anilines is 2. The number of nitrogens with zero attached hydrogens (tertiary/aromatic N) is 4. The number of hydrogen-bond donors (Lipinski definition) is 0. The molecule has 5 nitrogen and oxygen atoms in total. The molecule has 2 aromatic heterocycles. The molecule has 0 N–H and O–H groups in total. The van der Waals surface area contributed by atoms with Crippen LogP contribution in [0.5, 0.6) is 11.5 Å². The Hall–Kier alpha value is -3.43. The first kappa shape index (κ1) is 19.7. The number of para-hydroxylation sites is 2. The van der Waals surface area contributed by atoms with Crippen LogP contribution in [-0.4, -0.2) is 20.7 Å². The number of fused-ring (bicyclic) bond motifs is 2. The van der Waals surface area contributed by atoms with Crippen molar-refractivity contribution >= 4 is 22.5 Å². The molecule has 0 saturated heterocycles. The Labute approximate surface area is 226 Å². The molecule has 3 aromatic carbocycles. The van der Waals surface area contributed by atoms with Gasteiger partial charge in [-0.05, 0) is 6.07 Å². The fourth-order valence-corrected chi connectivity index (χ4v) is 5.64. The van der Waals surface area contributed by atoms with Gasteiger partial charge in [-0.2, -0.15) is 0 Å². The molecule has 6 heteroatoms. The molecule has 36 heavy (non-hydrogen) atoms. The number of benzene rings is 3. The van der Waals surface area contributed by atoms with Crippen molar-refractivity contribution in [2.75, 3.05) is 11.4 Å². The van der Waals surface area contributed by atoms with Crippen LogP contribution in [0, 0.1) is 21.4 Å². The molecule has 0 fully saturated rings. The predicted octanol–water partition coefficient (Wildman–Crippen LogP) is 6.56. The van der Waals surface area contributed by atoms with Crippen LogP contribution in [0.15, 0.2) is 79.0 Å². The first-order chi connectivity index (χ1) is 18.6. The second-order valence-corrected chi connectivity index (χ2v) is 10.7. The maximum atomic E-state index is 8.07. The van der Waals surface area contributed by atoms with Gasteiger partial charge in [0.05, 0.1) is 0 Å². The van der Waals surface area contributed by atoms with E-state index >= 15 is 0 Å². The summed E-state index contributed by atoms with van der Waals surface area (Å²) in [4.78, 5) is 6.79. The van der Waals surface area contributed by atoms with E-state index in [9.17, 15) is 0 Å². The van der Waals surface area contributed by atoms with Gasteiger partial charge in [-0.15, -0.1) is 0 Å². The second kappa shape index (κ2) is 8.90. The summed E-state index contributed by atoms with van der Waals surface area (Å²) in [5.74, 6) is 1.97. The van der Waals surface area contributed by atoms with Crippen molar-refractivity contribution < 1.29 is 28.2 Å². The zero-order chi connectivity index (χ0) is 27.4. The van der Waals surface area contributed by atoms with Gasteiger partial charge in [0.25, 0.3) is 0 Å². The number of ether oxygens (including phenoxy) is 1. The van der Waals surface area contributed by atoms with E-state index in [1.54, 1.807) is 6.20 Å². The van der Waals surface area contributed by atoms with Gasteiger partial charge in [0, 0.05) is 6.20 Å². The van der Waals surface area contributed by atoms with Crippen molar-refractivity contribution in [3.63, 3.8) is 0 Å². The SMILES string of the molecule is [2H]C([2H])([2H])n1[c](=[Pt])n(-c2[c-]c(Oc3[c-]c4c(cc3)CC(C)(C)CN4c3ccccn3)ccc2)c2ccccc21. The molecule has 0 radical (unpaired) electrons. The van der Waals surface area contributed by atoms with Crippen LogP contribution >= 0.6 is 0 Å². The molecule has 0 aliphatic carbocycles. The van der Waals surface area contributed by atoms with Crippen molar-refractivity contribution in [1.82, 2.24) is 14.1 Å². The van der Waals surface area contributed by atoms with Crippen LogP contribution in [0.25, 0.3) is 16.7 Å². The molecule has 0 atom stereocenters. The number of rotatable bonds is 4. The van der Waals surface area contributed by atoms with E-state index in [0.717, 1.165) is 30.0 Å². The maximum absolute atomic E-state index is 8.07. The first-order valence-corrected chi connectivity index (χ1v) is 12.9. The zero-order valence-corrected chi connectivity index (χ0v) is 22.2. The van der Waals surface area contributed by atoms with Gasteiger partial charge in [-0.3, -0.25) is 0 Å². The van der Waals surface area contributed by atoms with Crippen LogP contribution in [0.4, 0.5) is 11.5 Å². The Bertz CT molecular complexity index is 1740. The standard InChI is InChI=1S/C30H26N4O.Pt/c1-30(2)19-22-14-15-25(18-28(22)33(20-30)29-13-6-7-16-31-29)35-24-10-8-9-23(17-24)34-21-32(3)26-11-4-5-12-27(26)34;/h4-16H,19-20H2,1-3H3;/q-2;/i3D3;. The summed E-state index contributed by atoms with van der Waals surface area (Å²) >= 11 is 2.06. The normalized spacial score (nSPS) is 16.2. The van der Waals surface area contributed by atoms with Gasteiger partial charge in [0.15, 0.2) is 0 Å². The minimum atomic E-state index is -2.32. The molecule has 0 amide bonds. The van der Waals surface area contributed by atoms with E-state index in [0.29, 0.717) is 26.5 Å². The van der Waals surface area contributed by atoms with Crippen molar-refractivity contribution in [3.8, 4) is 17.2 Å². The third kappa shape index (κ3) is 4.12. The predicted molar refractivity (Wildman–Crippen MR) is 138 cm³/mol. The Kier molecular flexibility index (Phi) is 4.88. The Morgan fingerprint density at radius 1 is 0.944 bits per heavy atom. The van der Waals surface area contributed by atoms with Crippen LogP contribution in [0.1, 0.15) is 23.5 Å². The number of aromatic nitrogens is 3. The van der Waals surface area contributed by atoms with E-state index in [2.05, 4.69) is 61.3 Å². The quantitative estimate of drug-likeness (QED) is 0.206. The number of hydrogen-bond acceptors (Lipinski definition) is 3. The third-order valence-corrected chi connectivity index (χ3v) is 7.37. The third-order valence-electron chi connectivity index (χ3n) is 6.35. The number of imidazole rings is 1. The second-order valence-electron chi connectivity index (χ2n) is 9.71. The first-order valence-electron chi connectivity index (χ1n) is 13.2. The van der Waals surface area contributed by atoms with Crippen LogP contribution < -0.4 is 9.64 Å². The van der Waals surface area contributed by atoms with E-state index in [1.165, 1.54) is 10.1 Å². The molecule has 1 aliphatic rings. The number of aryl methyl sites for hydroxylation is 1. The topological polar surface area (TPSA) is 35.2 Å². The molecule has 1 aliphatic heterocycles. The van der Waals surface area contributed by atoms with E-state index in [4.69, 9.17) is 8.85 Å². The minimum absolute atomic E-state index is 0.0885. The van der Waals surface area contributed by atoms with Crippen molar-refractivity contribution in [3.05, 3.63) is 100 Å². The van der Waals surface area contributed by atoms with Gasteiger partial charge < -0.3 is 0 Å². The van der Waals surface area contributed by atoms with Crippen LogP contribution in [0.3, 0.4) is 0 Å². The van der Waals surface area contributed by atoms with Crippen molar-refractivity contribution in [1.29, 1.82) is 0 Å². The molecule has 3 heterocycles. The molecule has 0 bridgehead atoms. The van der Waals surface area contributed by atoms with Gasteiger partial charge in [0.2, 0.25) is 0 Å². The van der Waals surface area contributed by atoms with E-state index in [1.807, 2.05) is 71.3 Å². The van der Waals surface area contributed by atoms with Crippen LogP contribution in [-0.2, 0) is 32.8 Å². The summed E-state index contributed by atoms with van der Waals surface area (Å²) in [5.41, 5.74) is 4.34. The Balaban J connectivity index is 1.39. The van der Waals surface area contributed by atoms with Crippen molar-refractivity contribution in [2.24, 2.45) is 12.4 Å². The molecule has 0 unspecified atom stereocenters. The average Bonchev–Trinajstić information content (AvgIpc) is 3.21. The molecular weight excluding hydrogens is 627 g/mol. The van der Waals surface area contributed by atoms with E-state index < -0.39 is 6.98 Å². The summed E-state index contributed by atoms with van der Waals surface area (Å²) in [5, 5.41) is 0. The fourth-order valence-electron chi connectivity index (χ4n) is 4.82. The molecular formula is C30H26N4OPt-2. The van der Waals surface area contributed by atoms with Crippen molar-refractivity contribution in [2.45, 2.75) is 20.3 Å². The number of pyridine rings is 1. The summed E-state index contributed by atoms with van der Waals surface area (Å²) in [6.45, 7) is 3.03. The summed E-state index contributed by atoms with van der Waals surface area (Å²) in [6.07, 6.45) is 2.74. The Morgan fingerprint density at radius 2 is 1.75 bits per heavy atom. The summed E-state index contributed by atoms with van der Waals surface area (Å²) in [6, 6.07) is 29.9. The summed E-state index contributed by atoms with van der Waals surface area (Å²) in [7, 11) is 0. The van der Waals surface area contributed by atoms with Gasteiger partial charge in [-0.25, -0.2) is 0 Å². The molecule has 5 aromatic rings. The zero-order valence-electron chi connectivity index (χ0n) is 22.9. The Morgan fingerprint density at radius 3 is 2.56 bits per heavy atom. The molecule has 0 spiro atoms. The monoisotopic (exact) mass is 656 g/mol. The molecule has 6 rings (SSSR count). The van der Waals surface area contributed by atoms with Crippen LogP contribution in [0.2, 0.25) is 0 Å². The molecule has 184 valence electrons. The van der Waals surface area contributed by atoms with Gasteiger partial charge in [0.1, 0.15) is 0 Å². The summed E-state index contributed by atoms with van der Waals surface area (Å²) < 4.78 is 34.3. The average molecular weight is 657 g/mol. The fraction of sp³-hybridized carbons (Fsp3) is 0.200. The van der Waals surface area contributed by atoms with E-state index in [-0.39, 0.29) is 5.41 Å². The molecule has 0 saturated carbocycles. The van der Waals surface area contributed by atoms with Gasteiger partial charge >= 0.3 is 194 Å². The van der Waals surface area contributed by atoms with Gasteiger partial charge in [-0.1, -0.05) is 19.9 Å².